The van der Waals surface area contributed by atoms with Crippen LogP contribution in [0.3, 0.4) is 0 Å². The van der Waals surface area contributed by atoms with Gasteiger partial charge in [-0.15, -0.1) is 11.3 Å². The molecular formula is C19H30BN2O3S. The fourth-order valence-corrected chi connectivity index (χ4v) is 3.95. The van der Waals surface area contributed by atoms with Crippen molar-refractivity contribution >= 4 is 40.7 Å². The molecule has 143 valence electrons. The lowest BCUT2D eigenvalue weighted by molar-refractivity contribution is 0.0549. The number of nitrogens with zero attached hydrogens (tertiary/aromatic N) is 2. The molecule has 5 nitrogen and oxygen atoms in total. The van der Waals surface area contributed by atoms with Crippen LogP contribution in [0.5, 0.6) is 0 Å². The van der Waals surface area contributed by atoms with Gasteiger partial charge in [0.2, 0.25) is 0 Å². The maximum Gasteiger partial charge on any atom is 0.418 e. The molecule has 0 aliphatic rings. The van der Waals surface area contributed by atoms with Crippen molar-refractivity contribution < 1.29 is 14.6 Å². The van der Waals surface area contributed by atoms with E-state index in [1.165, 1.54) is 9.44 Å². The third kappa shape index (κ3) is 4.70. The molecule has 2 rings (SSSR count). The zero-order valence-corrected chi connectivity index (χ0v) is 17.9. The average Bonchev–Trinajstić information content (AvgIpc) is 2.99. The second-order valence-corrected chi connectivity index (χ2v) is 10.1. The molecule has 26 heavy (non-hydrogen) atoms. The maximum atomic E-state index is 12.6. The lowest BCUT2D eigenvalue weighted by Gasteiger charge is -2.35. The van der Waals surface area contributed by atoms with Gasteiger partial charge in [-0.05, 0) is 52.3 Å². The lowest BCUT2D eigenvalue weighted by atomic mass is 9.87. The van der Waals surface area contributed by atoms with E-state index in [1.807, 2.05) is 32.9 Å². The highest BCUT2D eigenvalue weighted by molar-refractivity contribution is 7.19. The van der Waals surface area contributed by atoms with E-state index in [2.05, 4.69) is 39.6 Å². The first kappa shape index (κ1) is 21.0. The SMILES string of the molecule is CC(N(C)Cc1cc2c(cc([B]O)n2C(=O)OC(C)(C)C)s1)C(C)(C)C. The fourth-order valence-electron chi connectivity index (χ4n) is 2.79. The van der Waals surface area contributed by atoms with Crippen LogP contribution in [0.4, 0.5) is 4.79 Å². The van der Waals surface area contributed by atoms with Crippen molar-refractivity contribution in [3.05, 3.63) is 17.0 Å². The predicted molar refractivity (Wildman–Crippen MR) is 109 cm³/mol. The van der Waals surface area contributed by atoms with Crippen molar-refractivity contribution in [2.45, 2.75) is 66.7 Å². The lowest BCUT2D eigenvalue weighted by Crippen LogP contribution is -2.38. The van der Waals surface area contributed by atoms with Gasteiger partial charge in [-0.1, -0.05) is 20.8 Å². The standard InChI is InChI=1S/C19H30BN2O3S/c1-12(18(2,3)4)21(8)11-13-9-14-15(26-13)10-16(20-24)22(14)17(23)25-19(5,6)7/h9-10,12,24H,11H2,1-8H3. The highest BCUT2D eigenvalue weighted by Gasteiger charge is 2.26. The van der Waals surface area contributed by atoms with Gasteiger partial charge in [0.05, 0.1) is 10.2 Å². The first-order valence-corrected chi connectivity index (χ1v) is 9.70. The molecule has 2 aromatic rings. The highest BCUT2D eigenvalue weighted by Crippen LogP contribution is 2.30. The van der Waals surface area contributed by atoms with Gasteiger partial charge >= 0.3 is 13.6 Å². The van der Waals surface area contributed by atoms with Crippen LogP contribution in [0.25, 0.3) is 10.2 Å². The third-order valence-electron chi connectivity index (χ3n) is 4.60. The summed E-state index contributed by atoms with van der Waals surface area (Å²) in [7, 11) is 3.07. The molecule has 7 heteroatoms. The number of carbonyl (C=O) groups is 1. The Labute approximate surface area is 161 Å². The Morgan fingerprint density at radius 1 is 1.31 bits per heavy atom. The minimum Gasteiger partial charge on any atom is -0.449 e. The highest BCUT2D eigenvalue weighted by atomic mass is 32.1. The Morgan fingerprint density at radius 2 is 1.92 bits per heavy atom. The van der Waals surface area contributed by atoms with E-state index >= 15 is 0 Å². The molecule has 0 aliphatic heterocycles. The van der Waals surface area contributed by atoms with Crippen molar-refractivity contribution in [1.82, 2.24) is 9.47 Å². The smallest absolute Gasteiger partial charge is 0.418 e. The number of fused-ring (bicyclic) bond motifs is 1. The van der Waals surface area contributed by atoms with Crippen molar-refractivity contribution in [3.8, 4) is 0 Å². The Balaban J connectivity index is 2.33. The normalized spacial score (nSPS) is 14.1. The molecule has 0 saturated carbocycles. The van der Waals surface area contributed by atoms with E-state index < -0.39 is 11.7 Å². The average molecular weight is 377 g/mol. The second kappa shape index (κ2) is 7.37. The maximum absolute atomic E-state index is 12.6. The van der Waals surface area contributed by atoms with Gasteiger partial charge in [0.1, 0.15) is 5.60 Å². The van der Waals surface area contributed by atoms with Gasteiger partial charge in [-0.25, -0.2) is 4.79 Å². The molecule has 2 heterocycles. The summed E-state index contributed by atoms with van der Waals surface area (Å²) in [5, 5.41) is 9.50. The molecule has 0 saturated heterocycles. The van der Waals surface area contributed by atoms with Crippen molar-refractivity contribution in [2.75, 3.05) is 7.05 Å². The number of aromatic nitrogens is 1. The molecule has 1 unspecified atom stereocenters. The van der Waals surface area contributed by atoms with E-state index in [-0.39, 0.29) is 5.41 Å². The van der Waals surface area contributed by atoms with Gasteiger partial charge < -0.3 is 9.76 Å². The molecular weight excluding hydrogens is 347 g/mol. The van der Waals surface area contributed by atoms with E-state index in [1.54, 1.807) is 11.3 Å². The van der Waals surface area contributed by atoms with Gasteiger partial charge in [0, 0.05) is 23.1 Å². The molecule has 1 atom stereocenters. The molecule has 0 spiro atoms. The van der Waals surface area contributed by atoms with E-state index in [0.717, 1.165) is 24.2 Å². The summed E-state index contributed by atoms with van der Waals surface area (Å²) >= 11 is 1.64. The van der Waals surface area contributed by atoms with Gasteiger partial charge in [-0.3, -0.25) is 9.47 Å². The molecule has 2 aromatic heterocycles. The summed E-state index contributed by atoms with van der Waals surface area (Å²) in [4.78, 5) is 16.1. The Kier molecular flexibility index (Phi) is 5.95. The molecule has 0 fully saturated rings. The summed E-state index contributed by atoms with van der Waals surface area (Å²) in [6, 6.07) is 4.25. The molecule has 0 amide bonds. The van der Waals surface area contributed by atoms with Crippen LogP contribution in [-0.4, -0.2) is 46.8 Å². The summed E-state index contributed by atoms with van der Waals surface area (Å²) in [6.07, 6.45) is -0.478. The largest absolute Gasteiger partial charge is 0.449 e. The molecule has 0 bridgehead atoms. The van der Waals surface area contributed by atoms with Crippen molar-refractivity contribution in [3.63, 3.8) is 0 Å². The number of hydrogen-bond donors (Lipinski definition) is 1. The zero-order chi connectivity index (χ0) is 19.9. The minimum absolute atomic E-state index is 0.191. The van der Waals surface area contributed by atoms with Gasteiger partial charge in [0.15, 0.2) is 0 Å². The monoisotopic (exact) mass is 377 g/mol. The van der Waals surface area contributed by atoms with Crippen LogP contribution in [0, 0.1) is 5.41 Å². The predicted octanol–water partition coefficient (Wildman–Crippen LogP) is 3.59. The summed E-state index contributed by atoms with van der Waals surface area (Å²) in [5.74, 6) is 0. The topological polar surface area (TPSA) is 54.7 Å². The number of hydrogen-bond acceptors (Lipinski definition) is 5. The van der Waals surface area contributed by atoms with E-state index in [9.17, 15) is 9.82 Å². The summed E-state index contributed by atoms with van der Waals surface area (Å²) < 4.78 is 7.89. The van der Waals surface area contributed by atoms with E-state index in [0.29, 0.717) is 11.6 Å². The van der Waals surface area contributed by atoms with Crippen LogP contribution in [0.1, 0.15) is 53.3 Å². The second-order valence-electron chi connectivity index (χ2n) is 8.93. The van der Waals surface area contributed by atoms with Gasteiger partial charge in [-0.2, -0.15) is 0 Å². The number of rotatable bonds is 4. The summed E-state index contributed by atoms with van der Waals surface area (Å²) in [6.45, 7) is 15.2. The van der Waals surface area contributed by atoms with Crippen LogP contribution >= 0.6 is 11.3 Å². The van der Waals surface area contributed by atoms with Crippen molar-refractivity contribution in [1.29, 1.82) is 0 Å². The first-order valence-electron chi connectivity index (χ1n) is 8.88. The van der Waals surface area contributed by atoms with Crippen LogP contribution in [-0.2, 0) is 11.3 Å². The number of ether oxygens (including phenoxy) is 1. The first-order chi connectivity index (χ1) is 11.8. The number of thiophene rings is 1. The molecule has 0 aliphatic carbocycles. The Bertz CT molecular complexity index is 783. The molecule has 1 radical (unpaired) electrons. The minimum atomic E-state index is -0.596. The zero-order valence-electron chi connectivity index (χ0n) is 17.1. The van der Waals surface area contributed by atoms with Gasteiger partial charge in [0.25, 0.3) is 0 Å². The Morgan fingerprint density at radius 3 is 2.42 bits per heavy atom. The van der Waals surface area contributed by atoms with Crippen LogP contribution in [0.2, 0.25) is 0 Å². The Hall–Kier alpha value is -1.31. The summed E-state index contributed by atoms with van der Waals surface area (Å²) in [5.41, 5.74) is 0.803. The fraction of sp³-hybridized carbons (Fsp3) is 0.632. The third-order valence-corrected chi connectivity index (χ3v) is 5.65. The van der Waals surface area contributed by atoms with Crippen molar-refractivity contribution in [2.24, 2.45) is 5.41 Å². The van der Waals surface area contributed by atoms with Crippen LogP contribution < -0.4 is 5.59 Å². The quantitative estimate of drug-likeness (QED) is 0.828. The molecule has 1 N–H and O–H groups in total. The van der Waals surface area contributed by atoms with Crippen LogP contribution in [0.15, 0.2) is 12.1 Å². The van der Waals surface area contributed by atoms with E-state index in [4.69, 9.17) is 4.74 Å². The molecule has 0 aromatic carbocycles. The number of carbonyl (C=O) groups excluding carboxylic acids is 1.